The SMILES string of the molecule is COc1nc(Cl)nc(NCc2cscc2C)n1. The van der Waals surface area contributed by atoms with Crippen LogP contribution in [-0.2, 0) is 6.54 Å². The lowest BCUT2D eigenvalue weighted by Gasteiger charge is -2.05. The Bertz CT molecular complexity index is 517. The van der Waals surface area contributed by atoms with Crippen LogP contribution in [0.1, 0.15) is 11.1 Å². The van der Waals surface area contributed by atoms with Crippen molar-refractivity contribution >= 4 is 28.9 Å². The van der Waals surface area contributed by atoms with E-state index in [1.165, 1.54) is 18.2 Å². The average Bonchev–Trinajstić information content (AvgIpc) is 2.71. The van der Waals surface area contributed by atoms with Crippen LogP contribution in [0.25, 0.3) is 0 Å². The van der Waals surface area contributed by atoms with Crippen molar-refractivity contribution in [3.63, 3.8) is 0 Å². The van der Waals surface area contributed by atoms with Gasteiger partial charge >= 0.3 is 6.01 Å². The molecule has 2 aromatic heterocycles. The molecule has 17 heavy (non-hydrogen) atoms. The number of ether oxygens (including phenoxy) is 1. The molecule has 90 valence electrons. The lowest BCUT2D eigenvalue weighted by Crippen LogP contribution is -2.06. The fraction of sp³-hybridized carbons (Fsp3) is 0.300. The van der Waals surface area contributed by atoms with Crippen LogP contribution in [0.5, 0.6) is 6.01 Å². The van der Waals surface area contributed by atoms with Gasteiger partial charge in [0, 0.05) is 6.54 Å². The molecule has 0 fully saturated rings. The maximum atomic E-state index is 5.74. The monoisotopic (exact) mass is 270 g/mol. The summed E-state index contributed by atoms with van der Waals surface area (Å²) in [6.07, 6.45) is 0. The first-order chi connectivity index (χ1) is 8.19. The number of aromatic nitrogens is 3. The summed E-state index contributed by atoms with van der Waals surface area (Å²) < 4.78 is 4.91. The number of methoxy groups -OCH3 is 1. The molecule has 0 saturated heterocycles. The van der Waals surface area contributed by atoms with Gasteiger partial charge in [-0.2, -0.15) is 26.3 Å². The number of nitrogens with one attached hydrogen (secondary N) is 1. The van der Waals surface area contributed by atoms with Gasteiger partial charge in [-0.3, -0.25) is 0 Å². The Kier molecular flexibility index (Phi) is 3.75. The van der Waals surface area contributed by atoms with Crippen LogP contribution in [0.15, 0.2) is 10.8 Å². The lowest BCUT2D eigenvalue weighted by molar-refractivity contribution is 0.379. The molecule has 0 unspecified atom stereocenters. The highest BCUT2D eigenvalue weighted by Gasteiger charge is 2.05. The second-order valence-electron chi connectivity index (χ2n) is 3.35. The average molecular weight is 271 g/mol. The summed E-state index contributed by atoms with van der Waals surface area (Å²) in [5.41, 5.74) is 2.46. The van der Waals surface area contributed by atoms with Gasteiger partial charge in [-0.15, -0.1) is 0 Å². The Morgan fingerprint density at radius 1 is 1.35 bits per heavy atom. The van der Waals surface area contributed by atoms with Crippen LogP contribution in [0.4, 0.5) is 5.95 Å². The van der Waals surface area contributed by atoms with Gasteiger partial charge < -0.3 is 10.1 Å². The van der Waals surface area contributed by atoms with Crippen LogP contribution in [0.3, 0.4) is 0 Å². The highest BCUT2D eigenvalue weighted by atomic mass is 35.5. The van der Waals surface area contributed by atoms with Gasteiger partial charge in [-0.1, -0.05) is 0 Å². The normalized spacial score (nSPS) is 10.3. The summed E-state index contributed by atoms with van der Waals surface area (Å²) in [6.45, 7) is 2.72. The molecule has 0 amide bonds. The van der Waals surface area contributed by atoms with Crippen molar-refractivity contribution in [2.75, 3.05) is 12.4 Å². The third kappa shape index (κ3) is 3.04. The molecule has 0 saturated carbocycles. The van der Waals surface area contributed by atoms with E-state index < -0.39 is 0 Å². The number of rotatable bonds is 4. The zero-order valence-corrected chi connectivity index (χ0v) is 11.0. The molecule has 2 rings (SSSR count). The molecule has 0 atom stereocenters. The van der Waals surface area contributed by atoms with Crippen molar-refractivity contribution in [1.82, 2.24) is 15.0 Å². The van der Waals surface area contributed by atoms with Crippen molar-refractivity contribution in [2.45, 2.75) is 13.5 Å². The first-order valence-electron chi connectivity index (χ1n) is 4.90. The quantitative estimate of drug-likeness (QED) is 0.925. The minimum atomic E-state index is 0.112. The predicted molar refractivity (Wildman–Crippen MR) is 67.8 cm³/mol. The third-order valence-corrected chi connectivity index (χ3v) is 3.25. The van der Waals surface area contributed by atoms with E-state index in [2.05, 4.69) is 38.0 Å². The molecule has 2 aromatic rings. The van der Waals surface area contributed by atoms with Gasteiger partial charge in [0.25, 0.3) is 0 Å². The number of hydrogen-bond donors (Lipinski definition) is 1. The fourth-order valence-corrected chi connectivity index (χ4v) is 2.25. The number of nitrogens with zero attached hydrogens (tertiary/aromatic N) is 3. The first kappa shape index (κ1) is 12.1. The topological polar surface area (TPSA) is 59.9 Å². The summed E-state index contributed by atoms with van der Waals surface area (Å²) in [6, 6.07) is 0.203. The van der Waals surface area contributed by atoms with Crippen LogP contribution in [-0.4, -0.2) is 22.1 Å². The molecule has 0 aliphatic heterocycles. The van der Waals surface area contributed by atoms with E-state index in [0.717, 1.165) is 0 Å². The van der Waals surface area contributed by atoms with E-state index >= 15 is 0 Å². The maximum absolute atomic E-state index is 5.74. The van der Waals surface area contributed by atoms with Crippen molar-refractivity contribution < 1.29 is 4.74 Å². The number of thiophene rings is 1. The second-order valence-corrected chi connectivity index (χ2v) is 4.43. The van der Waals surface area contributed by atoms with Crippen molar-refractivity contribution in [2.24, 2.45) is 0 Å². The van der Waals surface area contributed by atoms with Gasteiger partial charge in [0.1, 0.15) is 0 Å². The highest BCUT2D eigenvalue weighted by molar-refractivity contribution is 7.08. The van der Waals surface area contributed by atoms with E-state index in [9.17, 15) is 0 Å². The first-order valence-corrected chi connectivity index (χ1v) is 6.22. The summed E-state index contributed by atoms with van der Waals surface area (Å²) in [4.78, 5) is 11.8. The molecule has 0 aliphatic carbocycles. The Morgan fingerprint density at radius 2 is 2.18 bits per heavy atom. The van der Waals surface area contributed by atoms with E-state index in [4.69, 9.17) is 16.3 Å². The molecule has 2 heterocycles. The third-order valence-electron chi connectivity index (χ3n) is 2.17. The van der Waals surface area contributed by atoms with Crippen LogP contribution in [0.2, 0.25) is 5.28 Å². The predicted octanol–water partition coefficient (Wildman–Crippen LogP) is 2.52. The van der Waals surface area contributed by atoms with E-state index in [1.807, 2.05) is 0 Å². The molecule has 0 radical (unpaired) electrons. The van der Waals surface area contributed by atoms with Crippen LogP contribution in [0, 0.1) is 6.92 Å². The second kappa shape index (κ2) is 5.29. The number of hydrogen-bond acceptors (Lipinski definition) is 6. The van der Waals surface area contributed by atoms with Crippen molar-refractivity contribution in [3.8, 4) is 6.01 Å². The Hall–Kier alpha value is -1.40. The van der Waals surface area contributed by atoms with Gasteiger partial charge in [0.15, 0.2) is 0 Å². The fourth-order valence-electron chi connectivity index (χ4n) is 1.24. The highest BCUT2D eigenvalue weighted by Crippen LogP contribution is 2.16. The molecule has 0 spiro atoms. The van der Waals surface area contributed by atoms with E-state index in [-0.39, 0.29) is 11.3 Å². The van der Waals surface area contributed by atoms with E-state index in [1.54, 1.807) is 11.3 Å². The van der Waals surface area contributed by atoms with Gasteiger partial charge in [0.05, 0.1) is 7.11 Å². The standard InChI is InChI=1S/C10H11ClN4OS/c1-6-4-17-5-7(6)3-12-9-13-8(11)14-10(15-9)16-2/h4-5H,3H2,1-2H3,(H,12,13,14,15). The van der Waals surface area contributed by atoms with E-state index in [0.29, 0.717) is 12.5 Å². The number of halogens is 1. The molecule has 0 bridgehead atoms. The molecule has 0 aromatic carbocycles. The Labute approximate surface area is 108 Å². The zero-order chi connectivity index (χ0) is 12.3. The smallest absolute Gasteiger partial charge is 0.322 e. The molecular weight excluding hydrogens is 260 g/mol. The molecule has 5 nitrogen and oxygen atoms in total. The minimum Gasteiger partial charge on any atom is -0.467 e. The largest absolute Gasteiger partial charge is 0.467 e. The summed E-state index contributed by atoms with van der Waals surface area (Å²) in [5.74, 6) is 0.410. The molecular formula is C10H11ClN4OS. The van der Waals surface area contributed by atoms with Crippen LogP contribution < -0.4 is 10.1 Å². The zero-order valence-electron chi connectivity index (χ0n) is 9.40. The molecule has 0 aliphatic rings. The summed E-state index contributed by atoms with van der Waals surface area (Å²) in [7, 11) is 1.48. The summed E-state index contributed by atoms with van der Waals surface area (Å²) >= 11 is 7.41. The van der Waals surface area contributed by atoms with Gasteiger partial charge in [-0.05, 0) is 40.4 Å². The number of aryl methyl sites for hydroxylation is 1. The maximum Gasteiger partial charge on any atom is 0.322 e. The van der Waals surface area contributed by atoms with Gasteiger partial charge in [-0.25, -0.2) is 0 Å². The van der Waals surface area contributed by atoms with Gasteiger partial charge in [0.2, 0.25) is 11.2 Å². The van der Waals surface area contributed by atoms with Crippen molar-refractivity contribution in [1.29, 1.82) is 0 Å². The van der Waals surface area contributed by atoms with Crippen LogP contribution >= 0.6 is 22.9 Å². The lowest BCUT2D eigenvalue weighted by atomic mass is 10.2. The van der Waals surface area contributed by atoms with Crippen molar-refractivity contribution in [3.05, 3.63) is 27.2 Å². The Morgan fingerprint density at radius 3 is 2.82 bits per heavy atom. The molecule has 1 N–H and O–H groups in total. The number of anilines is 1. The Balaban J connectivity index is 2.09. The molecule has 7 heteroatoms. The minimum absolute atomic E-state index is 0.112. The summed E-state index contributed by atoms with van der Waals surface area (Å²) in [5, 5.41) is 7.38.